The topological polar surface area (TPSA) is 86.2 Å². The lowest BCUT2D eigenvalue weighted by molar-refractivity contribution is 0.262. The van der Waals surface area contributed by atoms with Crippen molar-refractivity contribution < 1.29 is 5.11 Å². The van der Waals surface area contributed by atoms with Crippen LogP contribution in [0.15, 0.2) is 12.1 Å². The number of aryl methyl sites for hydroxylation is 1. The minimum absolute atomic E-state index is 0.0717. The highest BCUT2D eigenvalue weighted by Crippen LogP contribution is 2.26. The van der Waals surface area contributed by atoms with Crippen molar-refractivity contribution in [1.82, 2.24) is 4.98 Å². The second-order valence-electron chi connectivity index (χ2n) is 5.12. The van der Waals surface area contributed by atoms with Crippen LogP contribution in [0.2, 0.25) is 0 Å². The number of hydrogen-bond acceptors (Lipinski definition) is 4. The van der Waals surface area contributed by atoms with Crippen LogP contribution in [0.25, 0.3) is 0 Å². The maximum absolute atomic E-state index is 9.18. The number of aliphatic hydroxyl groups excluding tert-OH is 1. The van der Waals surface area contributed by atoms with Crippen LogP contribution in [-0.2, 0) is 0 Å². The van der Waals surface area contributed by atoms with Crippen LogP contribution in [0, 0.1) is 12.3 Å². The van der Waals surface area contributed by atoms with Gasteiger partial charge in [0, 0.05) is 30.5 Å². The summed E-state index contributed by atoms with van der Waals surface area (Å²) in [6.45, 7) is 3.08. The highest BCUT2D eigenvalue weighted by atomic mass is 16.3. The second-order valence-corrected chi connectivity index (χ2v) is 5.12. The van der Waals surface area contributed by atoms with E-state index in [1.54, 1.807) is 0 Å². The number of anilines is 1. The lowest BCUT2D eigenvalue weighted by Gasteiger charge is -2.36. The molecule has 19 heavy (non-hydrogen) atoms. The van der Waals surface area contributed by atoms with Gasteiger partial charge in [0.1, 0.15) is 11.7 Å². The van der Waals surface area contributed by atoms with Crippen LogP contribution in [-0.4, -0.2) is 35.1 Å². The van der Waals surface area contributed by atoms with Crippen LogP contribution >= 0.6 is 0 Å². The SMILES string of the molecule is Cc1cc(C(=N)N)cc(N2CCCCC2CCO)n1. The molecule has 2 heterocycles. The van der Waals surface area contributed by atoms with Gasteiger partial charge in [-0.3, -0.25) is 5.41 Å². The van der Waals surface area contributed by atoms with Gasteiger partial charge in [-0.15, -0.1) is 0 Å². The number of aromatic nitrogens is 1. The Morgan fingerprint density at radius 3 is 3.00 bits per heavy atom. The van der Waals surface area contributed by atoms with Gasteiger partial charge in [0.15, 0.2) is 0 Å². The van der Waals surface area contributed by atoms with Gasteiger partial charge in [0.25, 0.3) is 0 Å². The van der Waals surface area contributed by atoms with E-state index in [9.17, 15) is 5.11 Å². The molecule has 0 bridgehead atoms. The Balaban J connectivity index is 2.30. The zero-order valence-electron chi connectivity index (χ0n) is 11.4. The Labute approximate surface area is 114 Å². The summed E-state index contributed by atoms with van der Waals surface area (Å²) in [4.78, 5) is 6.81. The number of amidine groups is 1. The third kappa shape index (κ3) is 3.23. The van der Waals surface area contributed by atoms with Crippen molar-refractivity contribution in [3.63, 3.8) is 0 Å². The molecule has 1 aliphatic heterocycles. The molecule has 1 aromatic rings. The molecule has 2 rings (SSSR count). The number of pyridine rings is 1. The Bertz CT molecular complexity index is 459. The number of nitrogens with one attached hydrogen (secondary N) is 1. The van der Waals surface area contributed by atoms with Gasteiger partial charge in [0.2, 0.25) is 0 Å². The predicted octanol–water partition coefficient (Wildman–Crippen LogP) is 1.42. The molecule has 0 aromatic carbocycles. The van der Waals surface area contributed by atoms with Crippen LogP contribution in [0.1, 0.15) is 36.9 Å². The number of nitrogen functional groups attached to an aromatic ring is 1. The summed E-state index contributed by atoms with van der Waals surface area (Å²) >= 11 is 0. The zero-order chi connectivity index (χ0) is 13.8. The van der Waals surface area contributed by atoms with Crippen molar-refractivity contribution in [1.29, 1.82) is 5.41 Å². The molecule has 0 radical (unpaired) electrons. The first kappa shape index (κ1) is 13.8. The number of aliphatic hydroxyl groups is 1. The standard InChI is InChI=1S/C14H22N4O/c1-10-8-11(14(15)16)9-13(17-10)18-6-3-2-4-12(18)5-7-19/h8-9,12,19H,2-7H2,1H3,(H3,15,16). The summed E-state index contributed by atoms with van der Waals surface area (Å²) < 4.78 is 0. The van der Waals surface area contributed by atoms with Gasteiger partial charge in [-0.05, 0) is 44.7 Å². The highest BCUT2D eigenvalue weighted by Gasteiger charge is 2.23. The maximum atomic E-state index is 9.18. The number of hydrogen-bond donors (Lipinski definition) is 3. The average molecular weight is 262 g/mol. The van der Waals surface area contributed by atoms with E-state index in [0.717, 1.165) is 42.9 Å². The molecule has 0 spiro atoms. The summed E-state index contributed by atoms with van der Waals surface area (Å²) in [5, 5.41) is 16.7. The predicted molar refractivity (Wildman–Crippen MR) is 76.7 cm³/mol. The third-order valence-corrected chi connectivity index (χ3v) is 3.63. The van der Waals surface area contributed by atoms with Crippen molar-refractivity contribution in [2.45, 2.75) is 38.6 Å². The fourth-order valence-electron chi connectivity index (χ4n) is 2.70. The molecule has 5 heteroatoms. The Morgan fingerprint density at radius 2 is 2.32 bits per heavy atom. The van der Waals surface area contributed by atoms with Crippen molar-refractivity contribution in [3.05, 3.63) is 23.4 Å². The molecule has 5 nitrogen and oxygen atoms in total. The summed E-state index contributed by atoms with van der Waals surface area (Å²) in [5.74, 6) is 0.950. The van der Waals surface area contributed by atoms with Gasteiger partial charge in [-0.2, -0.15) is 0 Å². The van der Waals surface area contributed by atoms with Crippen LogP contribution in [0.5, 0.6) is 0 Å². The molecule has 0 saturated carbocycles. The Morgan fingerprint density at radius 1 is 1.53 bits per heavy atom. The quantitative estimate of drug-likeness (QED) is 0.565. The number of rotatable bonds is 4. The third-order valence-electron chi connectivity index (χ3n) is 3.63. The molecule has 0 aliphatic carbocycles. The van der Waals surface area contributed by atoms with Crippen molar-refractivity contribution >= 4 is 11.7 Å². The molecule has 1 unspecified atom stereocenters. The molecule has 1 aliphatic rings. The first-order chi connectivity index (χ1) is 9.11. The molecular formula is C14H22N4O. The van der Waals surface area contributed by atoms with Crippen LogP contribution in [0.3, 0.4) is 0 Å². The van der Waals surface area contributed by atoms with E-state index < -0.39 is 0 Å². The molecular weight excluding hydrogens is 240 g/mol. The van der Waals surface area contributed by atoms with E-state index in [1.807, 2.05) is 19.1 Å². The first-order valence-electron chi connectivity index (χ1n) is 6.82. The van der Waals surface area contributed by atoms with Gasteiger partial charge in [-0.25, -0.2) is 4.98 Å². The fourth-order valence-corrected chi connectivity index (χ4v) is 2.70. The summed E-state index contributed by atoms with van der Waals surface area (Å²) in [6.07, 6.45) is 4.20. The van der Waals surface area contributed by atoms with Gasteiger partial charge in [-0.1, -0.05) is 0 Å². The normalized spacial score (nSPS) is 19.5. The number of piperidine rings is 1. The second kappa shape index (κ2) is 6.02. The lowest BCUT2D eigenvalue weighted by atomic mass is 9.99. The van der Waals surface area contributed by atoms with E-state index >= 15 is 0 Å². The first-order valence-corrected chi connectivity index (χ1v) is 6.82. The van der Waals surface area contributed by atoms with E-state index in [4.69, 9.17) is 11.1 Å². The van der Waals surface area contributed by atoms with E-state index in [2.05, 4.69) is 9.88 Å². The van der Waals surface area contributed by atoms with Gasteiger partial charge < -0.3 is 15.7 Å². The smallest absolute Gasteiger partial charge is 0.129 e. The summed E-state index contributed by atoms with van der Waals surface area (Å²) in [7, 11) is 0. The van der Waals surface area contributed by atoms with Gasteiger partial charge in [0.05, 0.1) is 0 Å². The molecule has 1 atom stereocenters. The molecule has 1 aromatic heterocycles. The molecule has 104 valence electrons. The van der Waals surface area contributed by atoms with E-state index in [-0.39, 0.29) is 12.4 Å². The average Bonchev–Trinajstić information content (AvgIpc) is 2.39. The number of nitrogens with two attached hydrogens (primary N) is 1. The molecule has 1 saturated heterocycles. The zero-order valence-corrected chi connectivity index (χ0v) is 11.4. The molecule has 0 amide bonds. The maximum Gasteiger partial charge on any atom is 0.129 e. The molecule has 4 N–H and O–H groups in total. The van der Waals surface area contributed by atoms with E-state index in [1.165, 1.54) is 6.42 Å². The van der Waals surface area contributed by atoms with E-state index in [0.29, 0.717) is 6.04 Å². The van der Waals surface area contributed by atoms with Crippen LogP contribution < -0.4 is 10.6 Å². The van der Waals surface area contributed by atoms with Crippen molar-refractivity contribution in [2.75, 3.05) is 18.1 Å². The summed E-state index contributed by atoms with van der Waals surface area (Å²) in [6, 6.07) is 4.05. The highest BCUT2D eigenvalue weighted by molar-refractivity contribution is 5.95. The van der Waals surface area contributed by atoms with Crippen molar-refractivity contribution in [3.8, 4) is 0 Å². The number of nitrogens with zero attached hydrogens (tertiary/aromatic N) is 2. The minimum Gasteiger partial charge on any atom is -0.396 e. The summed E-state index contributed by atoms with van der Waals surface area (Å²) in [5.41, 5.74) is 7.16. The van der Waals surface area contributed by atoms with Crippen LogP contribution in [0.4, 0.5) is 5.82 Å². The Kier molecular flexibility index (Phi) is 4.37. The minimum atomic E-state index is 0.0717. The lowest BCUT2D eigenvalue weighted by Crippen LogP contribution is -2.40. The van der Waals surface area contributed by atoms with Gasteiger partial charge >= 0.3 is 0 Å². The largest absolute Gasteiger partial charge is 0.396 e. The fraction of sp³-hybridized carbons (Fsp3) is 0.571. The molecule has 1 fully saturated rings. The monoisotopic (exact) mass is 262 g/mol. The van der Waals surface area contributed by atoms with Crippen molar-refractivity contribution in [2.24, 2.45) is 5.73 Å². The Hall–Kier alpha value is -1.62.